The second-order valence-electron chi connectivity index (χ2n) is 5.21. The normalized spacial score (nSPS) is 15.2. The summed E-state index contributed by atoms with van der Waals surface area (Å²) in [6, 6.07) is 5.99. The Bertz CT molecular complexity index is 500. The number of hydrogen-bond donors (Lipinski definition) is 2. The predicted molar refractivity (Wildman–Crippen MR) is 103 cm³/mol. The predicted octanol–water partition coefficient (Wildman–Crippen LogP) is 2.92. The van der Waals surface area contributed by atoms with E-state index in [-0.39, 0.29) is 36.6 Å². The van der Waals surface area contributed by atoms with Gasteiger partial charge in [0.2, 0.25) is 5.91 Å². The number of carbonyl (C=O) groups is 1. The van der Waals surface area contributed by atoms with Crippen LogP contribution in [-0.4, -0.2) is 45.8 Å². The number of nitrogens with zero attached hydrogens (tertiary/aromatic N) is 1. The molecule has 23 heavy (non-hydrogen) atoms. The Morgan fingerprint density at radius 3 is 2.61 bits per heavy atom. The van der Waals surface area contributed by atoms with Gasteiger partial charge >= 0.3 is 0 Å². The molecule has 132 valence electrons. The summed E-state index contributed by atoms with van der Waals surface area (Å²) in [6.45, 7) is 5.71. The zero-order valence-corrected chi connectivity index (χ0v) is 16.5. The number of ether oxygens (including phenoxy) is 1. The third-order valence-electron chi connectivity index (χ3n) is 3.53. The highest BCUT2D eigenvalue weighted by Crippen LogP contribution is 2.30. The van der Waals surface area contributed by atoms with Crippen molar-refractivity contribution in [2.24, 2.45) is 5.92 Å². The largest absolute Gasteiger partial charge is 0.378 e. The van der Waals surface area contributed by atoms with Gasteiger partial charge in [0.05, 0.1) is 24.6 Å². The molecule has 1 saturated heterocycles. The second kappa shape index (κ2) is 11.1. The van der Waals surface area contributed by atoms with Gasteiger partial charge in [-0.15, -0.1) is 24.8 Å². The maximum absolute atomic E-state index is 12.2. The van der Waals surface area contributed by atoms with Crippen LogP contribution in [0.15, 0.2) is 22.7 Å². The number of halogens is 3. The highest BCUT2D eigenvalue weighted by molar-refractivity contribution is 9.10. The molecule has 1 aliphatic heterocycles. The molecule has 2 rings (SSSR count). The number of hydrogen-bond acceptors (Lipinski definition) is 4. The maximum atomic E-state index is 12.2. The summed E-state index contributed by atoms with van der Waals surface area (Å²) in [5.41, 5.74) is 1.89. The number of benzene rings is 1. The molecule has 1 fully saturated rings. The SMILES string of the molecule is CNCC(C)C(=O)Nc1cc(Br)ccc1N1CCOCC1.Cl.Cl. The van der Waals surface area contributed by atoms with Crippen LogP contribution >= 0.6 is 40.7 Å². The molecular weight excluding hydrogens is 405 g/mol. The van der Waals surface area contributed by atoms with Gasteiger partial charge < -0.3 is 20.3 Å². The van der Waals surface area contributed by atoms with Crippen molar-refractivity contribution in [3.8, 4) is 0 Å². The number of rotatable bonds is 5. The van der Waals surface area contributed by atoms with Crippen LogP contribution < -0.4 is 15.5 Å². The molecule has 0 aromatic heterocycles. The molecule has 0 saturated carbocycles. The lowest BCUT2D eigenvalue weighted by Crippen LogP contribution is -2.37. The van der Waals surface area contributed by atoms with Crippen LogP contribution in [0.2, 0.25) is 0 Å². The van der Waals surface area contributed by atoms with E-state index in [0.717, 1.165) is 42.2 Å². The molecule has 8 heteroatoms. The molecule has 1 aromatic carbocycles. The van der Waals surface area contributed by atoms with Crippen LogP contribution in [0.5, 0.6) is 0 Å². The van der Waals surface area contributed by atoms with E-state index in [9.17, 15) is 4.79 Å². The molecule has 1 unspecified atom stereocenters. The second-order valence-corrected chi connectivity index (χ2v) is 6.12. The van der Waals surface area contributed by atoms with E-state index in [4.69, 9.17) is 4.74 Å². The number of nitrogens with one attached hydrogen (secondary N) is 2. The van der Waals surface area contributed by atoms with E-state index < -0.39 is 0 Å². The molecule has 0 bridgehead atoms. The maximum Gasteiger partial charge on any atom is 0.228 e. The Morgan fingerprint density at radius 1 is 1.35 bits per heavy atom. The Kier molecular flexibility index (Phi) is 10.8. The van der Waals surface area contributed by atoms with Gasteiger partial charge in [-0.3, -0.25) is 4.79 Å². The quantitative estimate of drug-likeness (QED) is 0.756. The van der Waals surface area contributed by atoms with Crippen LogP contribution in [0.4, 0.5) is 11.4 Å². The minimum atomic E-state index is -0.0773. The van der Waals surface area contributed by atoms with Crippen LogP contribution in [0.3, 0.4) is 0 Å². The first-order valence-electron chi connectivity index (χ1n) is 7.19. The van der Waals surface area contributed by atoms with E-state index in [1.807, 2.05) is 32.2 Å². The van der Waals surface area contributed by atoms with Gasteiger partial charge in [0.1, 0.15) is 0 Å². The fourth-order valence-electron chi connectivity index (χ4n) is 2.34. The standard InChI is InChI=1S/C15H22BrN3O2.2ClH/c1-11(10-17-2)15(20)18-13-9-12(16)3-4-14(13)19-5-7-21-8-6-19;;/h3-4,9,11,17H,5-8,10H2,1-2H3,(H,18,20);2*1H. The van der Waals surface area contributed by atoms with Gasteiger partial charge in [-0.1, -0.05) is 22.9 Å². The molecule has 1 aliphatic rings. The molecule has 0 spiro atoms. The molecule has 1 amide bonds. The first-order chi connectivity index (χ1) is 10.1. The van der Waals surface area contributed by atoms with Crippen molar-refractivity contribution in [2.75, 3.05) is 50.1 Å². The highest BCUT2D eigenvalue weighted by atomic mass is 79.9. The Labute approximate surface area is 158 Å². The Hall–Kier alpha value is -0.530. The van der Waals surface area contributed by atoms with Crippen LogP contribution in [0.1, 0.15) is 6.92 Å². The van der Waals surface area contributed by atoms with Gasteiger partial charge in [0, 0.05) is 30.0 Å². The first kappa shape index (κ1) is 22.5. The summed E-state index contributed by atoms with van der Waals surface area (Å²) in [4.78, 5) is 14.5. The van der Waals surface area contributed by atoms with Gasteiger partial charge in [-0.05, 0) is 25.2 Å². The van der Waals surface area contributed by atoms with Crippen LogP contribution in [0, 0.1) is 5.92 Å². The summed E-state index contributed by atoms with van der Waals surface area (Å²) in [7, 11) is 1.85. The number of anilines is 2. The fourth-order valence-corrected chi connectivity index (χ4v) is 2.70. The lowest BCUT2D eigenvalue weighted by Gasteiger charge is -2.31. The van der Waals surface area contributed by atoms with Crippen molar-refractivity contribution in [3.63, 3.8) is 0 Å². The molecule has 2 N–H and O–H groups in total. The molecular formula is C15H24BrCl2N3O2. The lowest BCUT2D eigenvalue weighted by molar-refractivity contribution is -0.119. The smallest absolute Gasteiger partial charge is 0.228 e. The van der Waals surface area contributed by atoms with E-state index >= 15 is 0 Å². The van der Waals surface area contributed by atoms with Crippen LogP contribution in [-0.2, 0) is 9.53 Å². The van der Waals surface area contributed by atoms with Gasteiger partial charge in [0.25, 0.3) is 0 Å². The fraction of sp³-hybridized carbons (Fsp3) is 0.533. The van der Waals surface area contributed by atoms with Crippen LogP contribution in [0.25, 0.3) is 0 Å². The highest BCUT2D eigenvalue weighted by Gasteiger charge is 2.18. The van der Waals surface area contributed by atoms with E-state index in [2.05, 4.69) is 31.5 Å². The van der Waals surface area contributed by atoms with Crippen molar-refractivity contribution in [2.45, 2.75) is 6.92 Å². The Morgan fingerprint density at radius 2 is 2.00 bits per heavy atom. The average molecular weight is 429 g/mol. The van der Waals surface area contributed by atoms with Gasteiger partial charge in [-0.2, -0.15) is 0 Å². The number of amides is 1. The molecule has 1 aromatic rings. The van der Waals surface area contributed by atoms with Crippen molar-refractivity contribution < 1.29 is 9.53 Å². The van der Waals surface area contributed by atoms with E-state index in [0.29, 0.717) is 6.54 Å². The first-order valence-corrected chi connectivity index (χ1v) is 7.99. The average Bonchev–Trinajstić information content (AvgIpc) is 2.48. The van der Waals surface area contributed by atoms with E-state index in [1.54, 1.807) is 0 Å². The Balaban J connectivity index is 0.00000242. The lowest BCUT2D eigenvalue weighted by atomic mass is 10.1. The minimum Gasteiger partial charge on any atom is -0.378 e. The van der Waals surface area contributed by atoms with E-state index in [1.165, 1.54) is 0 Å². The summed E-state index contributed by atoms with van der Waals surface area (Å²) >= 11 is 3.47. The van der Waals surface area contributed by atoms with Gasteiger partial charge in [0.15, 0.2) is 0 Å². The molecule has 0 aliphatic carbocycles. The van der Waals surface area contributed by atoms with Crippen molar-refractivity contribution in [1.29, 1.82) is 0 Å². The number of carbonyl (C=O) groups excluding carboxylic acids is 1. The topological polar surface area (TPSA) is 53.6 Å². The summed E-state index contributed by atoms with van der Waals surface area (Å²) in [6.07, 6.45) is 0. The van der Waals surface area contributed by atoms with Gasteiger partial charge in [-0.25, -0.2) is 0 Å². The molecule has 5 nitrogen and oxygen atoms in total. The van der Waals surface area contributed by atoms with Crippen molar-refractivity contribution >= 4 is 58.0 Å². The third kappa shape index (κ3) is 6.47. The minimum absolute atomic E-state index is 0. The summed E-state index contributed by atoms with van der Waals surface area (Å²) < 4.78 is 6.34. The zero-order valence-electron chi connectivity index (χ0n) is 13.3. The molecule has 1 heterocycles. The monoisotopic (exact) mass is 427 g/mol. The third-order valence-corrected chi connectivity index (χ3v) is 4.02. The zero-order chi connectivity index (χ0) is 15.2. The summed E-state index contributed by atoms with van der Waals surface area (Å²) in [5.74, 6) is -0.0523. The summed E-state index contributed by atoms with van der Waals surface area (Å²) in [5, 5.41) is 6.07. The molecule has 0 radical (unpaired) electrons. The molecule has 1 atom stereocenters. The van der Waals surface area contributed by atoms with Crippen molar-refractivity contribution in [1.82, 2.24) is 5.32 Å². The van der Waals surface area contributed by atoms with Crippen molar-refractivity contribution in [3.05, 3.63) is 22.7 Å². The number of morpholine rings is 1.